The first-order chi connectivity index (χ1) is 11.0. The number of amides is 1. The third-order valence-electron chi connectivity index (χ3n) is 4.23. The molecule has 0 fully saturated rings. The van der Waals surface area contributed by atoms with Crippen molar-refractivity contribution < 1.29 is 9.53 Å². The lowest BCUT2D eigenvalue weighted by Gasteiger charge is -2.27. The Morgan fingerprint density at radius 3 is 2.12 bits per heavy atom. The number of carbonyl (C=O) groups excluding carboxylic acids is 1. The molecule has 0 saturated carbocycles. The van der Waals surface area contributed by atoms with Crippen LogP contribution >= 0.6 is 0 Å². The monoisotopic (exact) mass is 331 g/mol. The van der Waals surface area contributed by atoms with Gasteiger partial charge < -0.3 is 10.1 Å². The zero-order valence-corrected chi connectivity index (χ0v) is 15.8. The van der Waals surface area contributed by atoms with E-state index in [1.54, 1.807) is 0 Å². The summed E-state index contributed by atoms with van der Waals surface area (Å²) in [5.41, 5.74) is 3.91. The van der Waals surface area contributed by atoms with Crippen LogP contribution in [0.3, 0.4) is 0 Å². The molecule has 2 N–H and O–H groups in total. The highest BCUT2D eigenvalue weighted by Crippen LogP contribution is 2.33. The van der Waals surface area contributed by atoms with Crippen molar-refractivity contribution >= 4 is 12.1 Å². The Morgan fingerprint density at radius 2 is 1.67 bits per heavy atom. The van der Waals surface area contributed by atoms with E-state index in [0.29, 0.717) is 12.5 Å². The van der Waals surface area contributed by atoms with Crippen molar-refractivity contribution in [3.05, 3.63) is 34.9 Å². The fourth-order valence-electron chi connectivity index (χ4n) is 2.57. The molecule has 0 saturated heterocycles. The van der Waals surface area contributed by atoms with Gasteiger partial charge >= 0.3 is 6.09 Å². The highest BCUT2D eigenvalue weighted by molar-refractivity contribution is 5.94. The topological polar surface area (TPSA) is 62.7 Å². The molecule has 1 heterocycles. The summed E-state index contributed by atoms with van der Waals surface area (Å²) in [6, 6.07) is 6.74. The van der Waals surface area contributed by atoms with E-state index in [2.05, 4.69) is 80.1 Å². The van der Waals surface area contributed by atoms with Crippen molar-refractivity contribution in [1.82, 2.24) is 10.6 Å². The summed E-state index contributed by atoms with van der Waals surface area (Å²) in [5.74, 6) is 0.463. The Labute approximate surface area is 144 Å². The van der Waals surface area contributed by atoms with Gasteiger partial charge in [0.05, 0.1) is 13.2 Å². The summed E-state index contributed by atoms with van der Waals surface area (Å²) < 4.78 is 4.61. The van der Waals surface area contributed by atoms with Gasteiger partial charge in [-0.2, -0.15) is 0 Å². The van der Waals surface area contributed by atoms with Gasteiger partial charge in [0, 0.05) is 6.54 Å². The number of benzene rings is 1. The second kappa shape index (κ2) is 6.46. The lowest BCUT2D eigenvalue weighted by molar-refractivity contribution is 0.176. The van der Waals surface area contributed by atoms with Crippen LogP contribution in [0.15, 0.2) is 23.2 Å². The Hall–Kier alpha value is -2.04. The average molecular weight is 331 g/mol. The zero-order chi connectivity index (χ0) is 18.1. The summed E-state index contributed by atoms with van der Waals surface area (Å²) in [6.07, 6.45) is -0.513. The second-order valence-corrected chi connectivity index (χ2v) is 8.33. The molecular formula is C19H29N3O2. The molecule has 1 aliphatic heterocycles. The van der Waals surface area contributed by atoms with E-state index in [0.717, 1.165) is 0 Å². The van der Waals surface area contributed by atoms with Gasteiger partial charge in [-0.15, -0.1) is 0 Å². The number of aliphatic imine (C=N–C) groups is 1. The minimum Gasteiger partial charge on any atom is -0.453 e. The Morgan fingerprint density at radius 1 is 1.12 bits per heavy atom. The molecule has 5 heteroatoms. The van der Waals surface area contributed by atoms with E-state index >= 15 is 0 Å². The van der Waals surface area contributed by atoms with Crippen molar-refractivity contribution in [2.75, 3.05) is 13.7 Å². The third kappa shape index (κ3) is 4.28. The lowest BCUT2D eigenvalue weighted by Crippen LogP contribution is -2.37. The number of carbonyl (C=O) groups is 1. The molecule has 0 aliphatic carbocycles. The SMILES string of the molecule is COC(=O)NC1=NC(c2cc(C(C)(C)C)cc(C(C)(C)C)c2)CN1. The molecule has 0 radical (unpaired) electrons. The van der Waals surface area contributed by atoms with Gasteiger partial charge in [-0.05, 0) is 27.5 Å². The van der Waals surface area contributed by atoms with Gasteiger partial charge in [0.1, 0.15) is 0 Å². The minimum absolute atomic E-state index is 0.0134. The number of hydrogen-bond acceptors (Lipinski definition) is 4. The first-order valence-corrected chi connectivity index (χ1v) is 8.33. The zero-order valence-electron chi connectivity index (χ0n) is 15.8. The van der Waals surface area contributed by atoms with E-state index in [4.69, 9.17) is 0 Å². The molecular weight excluding hydrogens is 302 g/mol. The molecule has 1 aromatic rings. The number of alkyl carbamates (subject to hydrolysis) is 1. The molecule has 1 atom stereocenters. The maximum absolute atomic E-state index is 11.3. The van der Waals surface area contributed by atoms with Gasteiger partial charge in [-0.1, -0.05) is 59.7 Å². The van der Waals surface area contributed by atoms with Gasteiger partial charge in [0.2, 0.25) is 5.96 Å². The summed E-state index contributed by atoms with van der Waals surface area (Å²) >= 11 is 0. The van der Waals surface area contributed by atoms with Crippen LogP contribution in [0.4, 0.5) is 4.79 Å². The number of nitrogens with one attached hydrogen (secondary N) is 2. The van der Waals surface area contributed by atoms with Crippen LogP contribution in [0, 0.1) is 0 Å². The largest absolute Gasteiger partial charge is 0.453 e. The van der Waals surface area contributed by atoms with Gasteiger partial charge in [0.15, 0.2) is 0 Å². The van der Waals surface area contributed by atoms with Crippen LogP contribution in [0.1, 0.15) is 64.3 Å². The lowest BCUT2D eigenvalue weighted by atomic mass is 9.79. The first-order valence-electron chi connectivity index (χ1n) is 8.33. The molecule has 5 nitrogen and oxygen atoms in total. The van der Waals surface area contributed by atoms with Crippen molar-refractivity contribution in [3.63, 3.8) is 0 Å². The highest BCUT2D eigenvalue weighted by Gasteiger charge is 2.25. The molecule has 24 heavy (non-hydrogen) atoms. The molecule has 2 rings (SSSR count). The second-order valence-electron chi connectivity index (χ2n) is 8.33. The van der Waals surface area contributed by atoms with Crippen LogP contribution in [-0.4, -0.2) is 25.7 Å². The van der Waals surface area contributed by atoms with Crippen molar-refractivity contribution in [2.45, 2.75) is 58.4 Å². The predicted molar refractivity (Wildman–Crippen MR) is 97.6 cm³/mol. The van der Waals surface area contributed by atoms with Crippen LogP contribution in [0.25, 0.3) is 0 Å². The molecule has 1 aromatic carbocycles. The number of guanidine groups is 1. The van der Waals surface area contributed by atoms with Crippen molar-refractivity contribution in [3.8, 4) is 0 Å². The van der Waals surface area contributed by atoms with Crippen LogP contribution in [-0.2, 0) is 15.6 Å². The summed E-state index contributed by atoms with van der Waals surface area (Å²) in [4.78, 5) is 15.9. The van der Waals surface area contributed by atoms with E-state index in [-0.39, 0.29) is 16.9 Å². The van der Waals surface area contributed by atoms with Crippen LogP contribution < -0.4 is 10.6 Å². The van der Waals surface area contributed by atoms with Gasteiger partial charge in [-0.25, -0.2) is 9.79 Å². The number of methoxy groups -OCH3 is 1. The fraction of sp³-hybridized carbons (Fsp3) is 0.579. The maximum Gasteiger partial charge on any atom is 0.413 e. The highest BCUT2D eigenvalue weighted by atomic mass is 16.5. The van der Waals surface area contributed by atoms with E-state index in [1.165, 1.54) is 23.8 Å². The number of hydrogen-bond donors (Lipinski definition) is 2. The van der Waals surface area contributed by atoms with Crippen molar-refractivity contribution in [2.24, 2.45) is 4.99 Å². The minimum atomic E-state index is -0.513. The quantitative estimate of drug-likeness (QED) is 0.826. The fourth-order valence-corrected chi connectivity index (χ4v) is 2.57. The standard InChI is InChI=1S/C19H29N3O2/c1-18(2,3)13-8-12(9-14(10-13)19(4,5)6)15-11-20-16(21-15)22-17(23)24-7/h8-10,15H,11H2,1-7H3,(H2,20,21,22,23). The van der Waals surface area contributed by atoms with Crippen molar-refractivity contribution in [1.29, 1.82) is 0 Å². The number of nitrogens with zero attached hydrogens (tertiary/aromatic N) is 1. The smallest absolute Gasteiger partial charge is 0.413 e. The molecule has 1 unspecified atom stereocenters. The average Bonchev–Trinajstić information content (AvgIpc) is 2.93. The Balaban J connectivity index is 2.38. The molecule has 0 spiro atoms. The normalized spacial score (nSPS) is 18.0. The molecule has 0 aromatic heterocycles. The summed E-state index contributed by atoms with van der Waals surface area (Å²) in [6.45, 7) is 14.0. The number of ether oxygens (including phenoxy) is 1. The summed E-state index contributed by atoms with van der Waals surface area (Å²) in [5, 5.41) is 5.72. The van der Waals surface area contributed by atoms with Gasteiger partial charge in [0.25, 0.3) is 0 Å². The molecule has 1 amide bonds. The van der Waals surface area contributed by atoms with Crippen LogP contribution in [0.2, 0.25) is 0 Å². The first kappa shape index (κ1) is 18.3. The Bertz CT molecular complexity index is 619. The maximum atomic E-state index is 11.3. The van der Waals surface area contributed by atoms with E-state index in [9.17, 15) is 4.79 Å². The summed E-state index contributed by atoms with van der Waals surface area (Å²) in [7, 11) is 1.34. The van der Waals surface area contributed by atoms with E-state index < -0.39 is 6.09 Å². The molecule has 1 aliphatic rings. The number of rotatable bonds is 1. The molecule has 0 bridgehead atoms. The van der Waals surface area contributed by atoms with Crippen LogP contribution in [0.5, 0.6) is 0 Å². The third-order valence-corrected chi connectivity index (χ3v) is 4.23. The van der Waals surface area contributed by atoms with Gasteiger partial charge in [-0.3, -0.25) is 5.32 Å². The molecule has 132 valence electrons. The Kier molecular flexibility index (Phi) is 4.92. The van der Waals surface area contributed by atoms with E-state index in [1.807, 2.05) is 0 Å². The predicted octanol–water partition coefficient (Wildman–Crippen LogP) is 3.64.